The van der Waals surface area contributed by atoms with Crippen molar-refractivity contribution in [1.29, 1.82) is 0 Å². The van der Waals surface area contributed by atoms with Gasteiger partial charge in [-0.15, -0.1) is 11.3 Å². The van der Waals surface area contributed by atoms with Crippen molar-refractivity contribution >= 4 is 17.2 Å². The summed E-state index contributed by atoms with van der Waals surface area (Å²) in [5, 5.41) is 12.6. The first-order valence-electron chi connectivity index (χ1n) is 7.45. The van der Waals surface area contributed by atoms with Gasteiger partial charge in [0.2, 0.25) is 5.91 Å². The van der Waals surface area contributed by atoms with Gasteiger partial charge in [0.1, 0.15) is 5.01 Å². The lowest BCUT2D eigenvalue weighted by Crippen LogP contribution is -2.46. The molecule has 22 heavy (non-hydrogen) atoms. The van der Waals surface area contributed by atoms with Gasteiger partial charge in [-0.2, -0.15) is 0 Å². The predicted octanol–water partition coefficient (Wildman–Crippen LogP) is 1.98. The quantitative estimate of drug-likeness (QED) is 0.940. The Kier molecular flexibility index (Phi) is 4.49. The first kappa shape index (κ1) is 15.1. The summed E-state index contributed by atoms with van der Waals surface area (Å²) >= 11 is 1.50. The smallest absolute Gasteiger partial charge is 0.228 e. The fraction of sp³-hybridized carbons (Fsp3) is 0.438. The number of piperidine rings is 1. The summed E-state index contributed by atoms with van der Waals surface area (Å²) in [5.41, 5.74) is 1.59. The summed E-state index contributed by atoms with van der Waals surface area (Å²) in [4.78, 5) is 22.8. The summed E-state index contributed by atoms with van der Waals surface area (Å²) in [6, 6.07) is 5.70. The second-order valence-corrected chi connectivity index (χ2v) is 6.57. The van der Waals surface area contributed by atoms with Crippen molar-refractivity contribution < 1.29 is 9.90 Å². The lowest BCUT2D eigenvalue weighted by Gasteiger charge is -2.34. The number of rotatable bonds is 3. The Hall–Kier alpha value is -1.79. The van der Waals surface area contributed by atoms with Crippen molar-refractivity contribution in [3.63, 3.8) is 0 Å². The van der Waals surface area contributed by atoms with E-state index in [0.717, 1.165) is 22.8 Å². The highest BCUT2D eigenvalue weighted by Crippen LogP contribution is 2.22. The molecule has 0 saturated carbocycles. The van der Waals surface area contributed by atoms with E-state index in [-0.39, 0.29) is 18.2 Å². The molecule has 3 rings (SSSR count). The topological polar surface area (TPSA) is 66.3 Å². The highest BCUT2D eigenvalue weighted by atomic mass is 32.1. The number of aliphatic hydroxyl groups is 1. The van der Waals surface area contributed by atoms with Gasteiger partial charge in [0.15, 0.2) is 0 Å². The molecule has 1 N–H and O–H groups in total. The van der Waals surface area contributed by atoms with Crippen LogP contribution in [0.4, 0.5) is 0 Å². The number of hydrogen-bond donors (Lipinski definition) is 1. The van der Waals surface area contributed by atoms with Crippen LogP contribution in [-0.4, -0.2) is 45.1 Å². The first-order chi connectivity index (χ1) is 10.6. The normalized spacial score (nSPS) is 21.8. The zero-order chi connectivity index (χ0) is 15.5. The van der Waals surface area contributed by atoms with E-state index in [9.17, 15) is 9.90 Å². The minimum atomic E-state index is -0.419. The molecule has 5 nitrogen and oxygen atoms in total. The molecule has 3 heterocycles. The Bertz CT molecular complexity index is 644. The summed E-state index contributed by atoms with van der Waals surface area (Å²) in [6.45, 7) is 3.16. The number of likely N-dealkylation sites (tertiary alicyclic amines) is 1. The molecule has 2 atom stereocenters. The monoisotopic (exact) mass is 317 g/mol. The summed E-state index contributed by atoms with van der Waals surface area (Å²) in [6.07, 6.45) is 2.45. The maximum Gasteiger partial charge on any atom is 0.228 e. The Morgan fingerprint density at radius 1 is 1.50 bits per heavy atom. The van der Waals surface area contributed by atoms with Gasteiger partial charge in [-0.1, -0.05) is 13.0 Å². The second kappa shape index (κ2) is 6.54. The van der Waals surface area contributed by atoms with Crippen LogP contribution in [0.5, 0.6) is 0 Å². The fourth-order valence-electron chi connectivity index (χ4n) is 2.54. The maximum atomic E-state index is 12.3. The molecular formula is C16H19N3O2S. The van der Waals surface area contributed by atoms with Gasteiger partial charge in [0, 0.05) is 24.7 Å². The minimum absolute atomic E-state index is 0.0313. The van der Waals surface area contributed by atoms with Crippen molar-refractivity contribution in [2.45, 2.75) is 25.9 Å². The second-order valence-electron chi connectivity index (χ2n) is 5.71. The molecule has 0 aliphatic carbocycles. The minimum Gasteiger partial charge on any atom is -0.391 e. The van der Waals surface area contributed by atoms with Crippen LogP contribution >= 0.6 is 11.3 Å². The largest absolute Gasteiger partial charge is 0.391 e. The fourth-order valence-corrected chi connectivity index (χ4v) is 3.33. The number of carbonyl (C=O) groups is 1. The van der Waals surface area contributed by atoms with E-state index in [1.807, 2.05) is 30.5 Å². The van der Waals surface area contributed by atoms with Gasteiger partial charge in [-0.25, -0.2) is 4.98 Å². The van der Waals surface area contributed by atoms with Crippen LogP contribution in [0.2, 0.25) is 0 Å². The van der Waals surface area contributed by atoms with Crippen LogP contribution in [0, 0.1) is 5.92 Å². The molecule has 0 bridgehead atoms. The van der Waals surface area contributed by atoms with Gasteiger partial charge in [-0.3, -0.25) is 9.78 Å². The standard InChI is InChI=1S/C16H19N3O2S/c1-11-5-7-19(9-14(11)20)15(21)8-12-10-22-16(18-12)13-4-2-3-6-17-13/h2-4,6,10-11,14,20H,5,7-9H2,1H3. The molecule has 116 valence electrons. The van der Waals surface area contributed by atoms with Gasteiger partial charge in [0.25, 0.3) is 0 Å². The molecule has 1 saturated heterocycles. The number of hydrogen-bond acceptors (Lipinski definition) is 5. The third-order valence-electron chi connectivity index (χ3n) is 4.04. The average molecular weight is 317 g/mol. The third-order valence-corrected chi connectivity index (χ3v) is 4.95. The molecule has 1 fully saturated rings. The van der Waals surface area contributed by atoms with Crippen LogP contribution in [0.25, 0.3) is 10.7 Å². The Morgan fingerprint density at radius 3 is 3.09 bits per heavy atom. The lowest BCUT2D eigenvalue weighted by molar-refractivity contribution is -0.134. The van der Waals surface area contributed by atoms with E-state index < -0.39 is 6.10 Å². The van der Waals surface area contributed by atoms with Crippen molar-refractivity contribution in [2.24, 2.45) is 5.92 Å². The number of pyridine rings is 1. The Morgan fingerprint density at radius 2 is 2.36 bits per heavy atom. The van der Waals surface area contributed by atoms with Crippen molar-refractivity contribution in [3.8, 4) is 10.7 Å². The van der Waals surface area contributed by atoms with Gasteiger partial charge in [0.05, 0.1) is 23.9 Å². The number of aromatic nitrogens is 2. The van der Waals surface area contributed by atoms with Crippen molar-refractivity contribution in [2.75, 3.05) is 13.1 Å². The van der Waals surface area contributed by atoms with Gasteiger partial charge >= 0.3 is 0 Å². The molecule has 2 aromatic rings. The number of nitrogens with zero attached hydrogens (tertiary/aromatic N) is 3. The van der Waals surface area contributed by atoms with Gasteiger partial charge < -0.3 is 10.0 Å². The zero-order valence-electron chi connectivity index (χ0n) is 12.5. The van der Waals surface area contributed by atoms with Crippen LogP contribution in [0.1, 0.15) is 19.0 Å². The first-order valence-corrected chi connectivity index (χ1v) is 8.33. The van der Waals surface area contributed by atoms with E-state index >= 15 is 0 Å². The number of thiazole rings is 1. The van der Waals surface area contributed by atoms with Crippen LogP contribution < -0.4 is 0 Å². The van der Waals surface area contributed by atoms with Crippen molar-refractivity contribution in [3.05, 3.63) is 35.5 Å². The predicted molar refractivity (Wildman–Crippen MR) is 85.4 cm³/mol. The summed E-state index contributed by atoms with van der Waals surface area (Å²) in [7, 11) is 0. The number of amides is 1. The third kappa shape index (κ3) is 3.34. The van der Waals surface area contributed by atoms with E-state index in [2.05, 4.69) is 9.97 Å². The van der Waals surface area contributed by atoms with Gasteiger partial charge in [-0.05, 0) is 24.5 Å². The lowest BCUT2D eigenvalue weighted by atomic mass is 9.96. The molecule has 1 aliphatic rings. The van der Waals surface area contributed by atoms with Crippen LogP contribution in [-0.2, 0) is 11.2 Å². The van der Waals surface area contributed by atoms with E-state index in [1.165, 1.54) is 11.3 Å². The molecule has 0 spiro atoms. The molecule has 6 heteroatoms. The van der Waals surface area contributed by atoms with E-state index in [1.54, 1.807) is 11.1 Å². The van der Waals surface area contributed by atoms with Crippen LogP contribution in [0.3, 0.4) is 0 Å². The highest BCUT2D eigenvalue weighted by Gasteiger charge is 2.27. The van der Waals surface area contributed by atoms with E-state index in [4.69, 9.17) is 0 Å². The average Bonchev–Trinajstić information content (AvgIpc) is 2.99. The molecular weight excluding hydrogens is 298 g/mol. The molecule has 0 radical (unpaired) electrons. The molecule has 2 unspecified atom stereocenters. The number of aliphatic hydroxyl groups excluding tert-OH is 1. The van der Waals surface area contributed by atoms with Crippen molar-refractivity contribution in [1.82, 2.24) is 14.9 Å². The maximum absolute atomic E-state index is 12.3. The Balaban J connectivity index is 1.64. The molecule has 1 aliphatic heterocycles. The molecule has 1 amide bonds. The Labute approximate surface area is 133 Å². The summed E-state index contributed by atoms with van der Waals surface area (Å²) < 4.78 is 0. The van der Waals surface area contributed by atoms with E-state index in [0.29, 0.717) is 13.1 Å². The highest BCUT2D eigenvalue weighted by molar-refractivity contribution is 7.13. The number of carbonyl (C=O) groups excluding carboxylic acids is 1. The van der Waals surface area contributed by atoms with Crippen LogP contribution in [0.15, 0.2) is 29.8 Å². The molecule has 0 aromatic carbocycles. The summed E-state index contributed by atoms with van der Waals surface area (Å²) in [5.74, 6) is 0.294. The zero-order valence-corrected chi connectivity index (χ0v) is 13.3. The molecule has 2 aromatic heterocycles. The number of β-amino-alcohol motifs (C(OH)–C–C–N with tert-alkyl or cyclic N) is 1. The SMILES string of the molecule is CC1CCN(C(=O)Cc2csc(-c3ccccn3)n2)CC1O.